The molecule has 0 heterocycles. The second-order valence-electron chi connectivity index (χ2n) is 7.48. The number of nitrogens with two attached hydrogens (primary N) is 1. The van der Waals surface area contributed by atoms with E-state index < -0.39 is 0 Å². The smallest absolute Gasteiger partial charge is 0.337 e. The largest absolute Gasteiger partial charge is 0.465 e. The average molecular weight is 398 g/mol. The number of hydrogen-bond acceptors (Lipinski definition) is 4. The lowest BCUT2D eigenvalue weighted by molar-refractivity contribution is 0.0455. The molecule has 0 aliphatic carbocycles. The van der Waals surface area contributed by atoms with Gasteiger partial charge in [0.05, 0.1) is 25.4 Å². The summed E-state index contributed by atoms with van der Waals surface area (Å²) in [5.41, 5.74) is 9.95. The van der Waals surface area contributed by atoms with E-state index in [0.29, 0.717) is 18.7 Å². The van der Waals surface area contributed by atoms with Crippen LogP contribution in [0.1, 0.15) is 78.6 Å². The summed E-state index contributed by atoms with van der Waals surface area (Å²) in [5.74, 6) is -0.335. The summed E-state index contributed by atoms with van der Waals surface area (Å²) < 4.78 is 10.7. The highest BCUT2D eigenvalue weighted by Crippen LogP contribution is 2.20. The third-order valence-corrected chi connectivity index (χ3v) is 5.21. The highest BCUT2D eigenvalue weighted by atomic mass is 16.5. The van der Waals surface area contributed by atoms with Crippen LogP contribution in [0.25, 0.3) is 0 Å². The highest BCUT2D eigenvalue weighted by Gasteiger charge is 2.11. The van der Waals surface area contributed by atoms with E-state index in [1.807, 2.05) is 12.1 Å². The molecule has 158 valence electrons. The number of unbranched alkanes of at least 4 members (excludes halogenated alkanes) is 5. The first-order valence-electron chi connectivity index (χ1n) is 10.8. The minimum absolute atomic E-state index is 0.140. The van der Waals surface area contributed by atoms with E-state index >= 15 is 0 Å². The monoisotopic (exact) mass is 397 g/mol. The van der Waals surface area contributed by atoms with Crippen molar-refractivity contribution in [3.63, 3.8) is 0 Å². The Balaban J connectivity index is 1.81. The van der Waals surface area contributed by atoms with Gasteiger partial charge in [-0.15, -0.1) is 0 Å². The van der Waals surface area contributed by atoms with Crippen molar-refractivity contribution >= 4 is 5.97 Å². The molecule has 0 bridgehead atoms. The van der Waals surface area contributed by atoms with Gasteiger partial charge in [-0.25, -0.2) is 4.79 Å². The number of benzene rings is 2. The van der Waals surface area contributed by atoms with E-state index in [2.05, 4.69) is 31.2 Å². The number of carbonyl (C=O) groups is 1. The molecule has 0 saturated carbocycles. The van der Waals surface area contributed by atoms with Gasteiger partial charge in [0.25, 0.3) is 0 Å². The van der Waals surface area contributed by atoms with E-state index in [1.165, 1.54) is 51.2 Å². The predicted octanol–water partition coefficient (Wildman–Crippen LogP) is 5.59. The van der Waals surface area contributed by atoms with E-state index in [1.54, 1.807) is 12.1 Å². The Kier molecular flexibility index (Phi) is 10.5. The number of ether oxygens (including phenoxy) is 2. The zero-order chi connectivity index (χ0) is 20.9. The standard InChI is InChI=1S/C25H35NO3/c1-3-4-5-6-7-8-9-20-10-14-22(15-11-20)24(18-26)29-19-21-12-16-23(17-13-21)25(27)28-2/h10-17,24H,3-9,18-19,26H2,1-2H3. The maximum Gasteiger partial charge on any atom is 0.337 e. The molecule has 0 aliphatic heterocycles. The SMILES string of the molecule is CCCCCCCCc1ccc(C(CN)OCc2ccc(C(=O)OC)cc2)cc1. The Labute approximate surface area is 175 Å². The fourth-order valence-corrected chi connectivity index (χ4v) is 3.36. The summed E-state index contributed by atoms with van der Waals surface area (Å²) in [7, 11) is 1.38. The molecule has 29 heavy (non-hydrogen) atoms. The van der Waals surface area contributed by atoms with Crippen molar-refractivity contribution in [2.75, 3.05) is 13.7 Å². The third-order valence-electron chi connectivity index (χ3n) is 5.21. The Morgan fingerprint density at radius 2 is 1.52 bits per heavy atom. The normalized spacial score (nSPS) is 12.0. The van der Waals surface area contributed by atoms with Crippen LogP contribution in [0, 0.1) is 0 Å². The lowest BCUT2D eigenvalue weighted by Gasteiger charge is -2.17. The van der Waals surface area contributed by atoms with Crippen molar-refractivity contribution in [1.29, 1.82) is 0 Å². The second kappa shape index (κ2) is 13.1. The van der Waals surface area contributed by atoms with Gasteiger partial charge < -0.3 is 15.2 Å². The van der Waals surface area contributed by atoms with E-state index in [0.717, 1.165) is 17.5 Å². The Bertz CT molecular complexity index is 710. The number of aryl methyl sites for hydroxylation is 1. The first kappa shape index (κ1) is 23.1. The lowest BCUT2D eigenvalue weighted by atomic mass is 10.0. The molecule has 0 spiro atoms. The molecule has 0 aromatic heterocycles. The maximum atomic E-state index is 11.5. The summed E-state index contributed by atoms with van der Waals surface area (Å²) in [6.45, 7) is 3.13. The summed E-state index contributed by atoms with van der Waals surface area (Å²) >= 11 is 0. The van der Waals surface area contributed by atoms with Crippen molar-refractivity contribution in [2.24, 2.45) is 5.73 Å². The Hall–Kier alpha value is -2.17. The molecule has 0 amide bonds. The van der Waals surface area contributed by atoms with E-state index in [-0.39, 0.29) is 12.1 Å². The van der Waals surface area contributed by atoms with Crippen LogP contribution in [-0.2, 0) is 22.5 Å². The lowest BCUT2D eigenvalue weighted by Crippen LogP contribution is -2.16. The van der Waals surface area contributed by atoms with Crippen LogP contribution in [0.5, 0.6) is 0 Å². The van der Waals surface area contributed by atoms with Crippen LogP contribution in [0.3, 0.4) is 0 Å². The van der Waals surface area contributed by atoms with Gasteiger partial charge in [-0.3, -0.25) is 0 Å². The van der Waals surface area contributed by atoms with Crippen molar-refractivity contribution < 1.29 is 14.3 Å². The molecule has 2 aromatic rings. The topological polar surface area (TPSA) is 61.5 Å². The second-order valence-corrected chi connectivity index (χ2v) is 7.48. The number of methoxy groups -OCH3 is 1. The molecular formula is C25H35NO3. The molecule has 2 N–H and O–H groups in total. The fraction of sp³-hybridized carbons (Fsp3) is 0.480. The van der Waals surface area contributed by atoms with Crippen LogP contribution in [0.2, 0.25) is 0 Å². The number of esters is 1. The molecule has 4 heteroatoms. The summed E-state index contributed by atoms with van der Waals surface area (Å²) in [6.07, 6.45) is 8.90. The zero-order valence-electron chi connectivity index (χ0n) is 17.9. The molecule has 2 aromatic carbocycles. The summed E-state index contributed by atoms with van der Waals surface area (Å²) in [4.78, 5) is 11.5. The van der Waals surface area contributed by atoms with Gasteiger partial charge in [0, 0.05) is 6.54 Å². The van der Waals surface area contributed by atoms with Gasteiger partial charge in [-0.1, -0.05) is 75.4 Å². The van der Waals surface area contributed by atoms with Crippen LogP contribution < -0.4 is 5.73 Å². The molecule has 1 unspecified atom stereocenters. The van der Waals surface area contributed by atoms with Crippen LogP contribution in [-0.4, -0.2) is 19.6 Å². The van der Waals surface area contributed by atoms with Crippen molar-refractivity contribution in [1.82, 2.24) is 0 Å². The van der Waals surface area contributed by atoms with Gasteiger partial charge in [0.15, 0.2) is 0 Å². The third kappa shape index (κ3) is 8.00. The van der Waals surface area contributed by atoms with Gasteiger partial charge in [0.2, 0.25) is 0 Å². The van der Waals surface area contributed by atoms with Crippen LogP contribution in [0.4, 0.5) is 0 Å². The van der Waals surface area contributed by atoms with Gasteiger partial charge in [-0.2, -0.15) is 0 Å². The average Bonchev–Trinajstić information content (AvgIpc) is 2.77. The zero-order valence-corrected chi connectivity index (χ0v) is 17.9. The molecule has 1 atom stereocenters. The van der Waals surface area contributed by atoms with E-state index in [9.17, 15) is 4.79 Å². The van der Waals surface area contributed by atoms with Crippen molar-refractivity contribution in [3.05, 3.63) is 70.8 Å². The predicted molar refractivity (Wildman–Crippen MR) is 118 cm³/mol. The molecule has 4 nitrogen and oxygen atoms in total. The number of carbonyl (C=O) groups excluding carboxylic acids is 1. The number of hydrogen-bond donors (Lipinski definition) is 1. The summed E-state index contributed by atoms with van der Waals surface area (Å²) in [5, 5.41) is 0. The highest BCUT2D eigenvalue weighted by molar-refractivity contribution is 5.89. The minimum atomic E-state index is -0.335. The van der Waals surface area contributed by atoms with Crippen molar-refractivity contribution in [2.45, 2.75) is 64.6 Å². The molecule has 0 radical (unpaired) electrons. The van der Waals surface area contributed by atoms with Crippen molar-refractivity contribution in [3.8, 4) is 0 Å². The molecule has 0 aliphatic rings. The maximum absolute atomic E-state index is 11.5. The van der Waals surface area contributed by atoms with Crippen LogP contribution in [0.15, 0.2) is 48.5 Å². The summed E-state index contributed by atoms with van der Waals surface area (Å²) in [6, 6.07) is 15.9. The Morgan fingerprint density at radius 1 is 0.897 bits per heavy atom. The van der Waals surface area contributed by atoms with E-state index in [4.69, 9.17) is 15.2 Å². The van der Waals surface area contributed by atoms with Gasteiger partial charge in [0.1, 0.15) is 0 Å². The molecular weight excluding hydrogens is 362 g/mol. The Morgan fingerprint density at radius 3 is 2.14 bits per heavy atom. The van der Waals surface area contributed by atoms with Gasteiger partial charge in [-0.05, 0) is 41.7 Å². The molecule has 0 fully saturated rings. The minimum Gasteiger partial charge on any atom is -0.465 e. The van der Waals surface area contributed by atoms with Gasteiger partial charge >= 0.3 is 5.97 Å². The number of rotatable bonds is 13. The molecule has 0 saturated heterocycles. The molecule has 2 rings (SSSR count). The fourth-order valence-electron chi connectivity index (χ4n) is 3.36. The first-order chi connectivity index (χ1) is 14.2. The van der Waals surface area contributed by atoms with Crippen LogP contribution >= 0.6 is 0 Å². The first-order valence-corrected chi connectivity index (χ1v) is 10.8. The quantitative estimate of drug-likeness (QED) is 0.353.